The molecule has 2 aromatic rings. The van der Waals surface area contributed by atoms with Crippen LogP contribution in [0, 0.1) is 0 Å². The third kappa shape index (κ3) is 8.12. The summed E-state index contributed by atoms with van der Waals surface area (Å²) in [5, 5.41) is 33.8. The maximum atomic E-state index is 10.3. The summed E-state index contributed by atoms with van der Waals surface area (Å²) >= 11 is 0. The highest BCUT2D eigenvalue weighted by Crippen LogP contribution is 2.21. The topological polar surface area (TPSA) is 132 Å². The van der Waals surface area contributed by atoms with Crippen LogP contribution in [-0.4, -0.2) is 58.0 Å². The van der Waals surface area contributed by atoms with Crippen molar-refractivity contribution in [1.29, 1.82) is 0 Å². The summed E-state index contributed by atoms with van der Waals surface area (Å²) in [6.45, 7) is 1.02. The van der Waals surface area contributed by atoms with E-state index in [2.05, 4.69) is 74.8 Å². The first-order valence-corrected chi connectivity index (χ1v) is 8.78. The zero-order valence-electron chi connectivity index (χ0n) is 16.4. The van der Waals surface area contributed by atoms with Gasteiger partial charge in [-0.05, 0) is 12.1 Å². The minimum atomic E-state index is -2.74. The molecule has 2 rings (SSSR count). The highest BCUT2D eigenvalue weighted by Gasteiger charge is 2.40. The van der Waals surface area contributed by atoms with Gasteiger partial charge in [-0.25, -0.2) is 4.79 Å². The molecule has 0 aliphatic heterocycles. The van der Waals surface area contributed by atoms with Gasteiger partial charge in [-0.1, -0.05) is 48.5 Å². The van der Waals surface area contributed by atoms with E-state index in [0.29, 0.717) is 0 Å². The van der Waals surface area contributed by atoms with Crippen LogP contribution in [0.5, 0.6) is 0 Å². The summed E-state index contributed by atoms with van der Waals surface area (Å²) < 4.78 is 0.880. The number of para-hydroxylation sites is 1. The molecule has 0 saturated carbocycles. The van der Waals surface area contributed by atoms with Gasteiger partial charge in [0, 0.05) is 5.56 Å². The van der Waals surface area contributed by atoms with E-state index in [1.165, 1.54) is 11.3 Å². The van der Waals surface area contributed by atoms with Crippen molar-refractivity contribution < 1.29 is 34.8 Å². The molecule has 0 amide bonds. The standard InChI is InChI=1S/C15H18N.C6H8O7/c1-16(2,15-11-7-4-8-12-15)13-14-9-5-3-6-10-14;7-3(8)1-6(13,5(11)12)2-4(9)10/h3-12H,13H2,1-2H3;13H,1-2H2,(H,7,8)(H,9,10)(H,11,12)/q+1;. The summed E-state index contributed by atoms with van der Waals surface area (Å²) in [6, 6.07) is 21.2. The molecule has 0 atom stereocenters. The fraction of sp³-hybridized carbons (Fsp3) is 0.286. The maximum absolute atomic E-state index is 10.3. The van der Waals surface area contributed by atoms with Crippen molar-refractivity contribution in [2.24, 2.45) is 0 Å². The predicted octanol–water partition coefficient (Wildman–Crippen LogP) is 2.21. The number of rotatable bonds is 8. The van der Waals surface area contributed by atoms with Crippen LogP contribution in [-0.2, 0) is 20.9 Å². The molecular formula is C21H26NO7+. The Labute approximate surface area is 168 Å². The van der Waals surface area contributed by atoms with Gasteiger partial charge in [-0.2, -0.15) is 0 Å². The van der Waals surface area contributed by atoms with E-state index in [1.54, 1.807) is 0 Å². The second-order valence-electron chi connectivity index (χ2n) is 7.14. The number of aliphatic hydroxyl groups is 1. The smallest absolute Gasteiger partial charge is 0.336 e. The van der Waals surface area contributed by atoms with Gasteiger partial charge >= 0.3 is 17.9 Å². The Morgan fingerprint density at radius 1 is 0.793 bits per heavy atom. The van der Waals surface area contributed by atoms with E-state index >= 15 is 0 Å². The predicted molar refractivity (Wildman–Crippen MR) is 107 cm³/mol. The van der Waals surface area contributed by atoms with Crippen molar-refractivity contribution in [2.45, 2.75) is 25.0 Å². The summed E-state index contributed by atoms with van der Waals surface area (Å²) in [7, 11) is 4.48. The average Bonchev–Trinajstić information content (AvgIpc) is 2.62. The lowest BCUT2D eigenvalue weighted by Crippen LogP contribution is -2.42. The van der Waals surface area contributed by atoms with Gasteiger partial charge in [-0.3, -0.25) is 14.1 Å². The van der Waals surface area contributed by atoms with E-state index in [1.807, 2.05) is 0 Å². The molecule has 0 fully saturated rings. The molecule has 2 aromatic carbocycles. The molecular weight excluding hydrogens is 378 g/mol. The van der Waals surface area contributed by atoms with Crippen molar-refractivity contribution >= 4 is 23.6 Å². The van der Waals surface area contributed by atoms with Crippen molar-refractivity contribution in [3.05, 3.63) is 66.2 Å². The van der Waals surface area contributed by atoms with Crippen LogP contribution >= 0.6 is 0 Å². The summed E-state index contributed by atoms with van der Waals surface area (Å²) in [5.74, 6) is -5.02. The SMILES string of the molecule is C[N+](C)(Cc1ccccc1)c1ccccc1.O=C(O)CC(O)(CC(=O)O)C(=O)O. The minimum absolute atomic E-state index is 0.880. The van der Waals surface area contributed by atoms with Gasteiger partial charge in [0.05, 0.1) is 26.9 Å². The summed E-state index contributed by atoms with van der Waals surface area (Å²) in [6.07, 6.45) is -2.29. The lowest BCUT2D eigenvalue weighted by molar-refractivity contribution is -0.170. The van der Waals surface area contributed by atoms with Gasteiger partial charge in [0.25, 0.3) is 0 Å². The Bertz CT molecular complexity index is 803. The van der Waals surface area contributed by atoms with E-state index in [4.69, 9.17) is 20.4 Å². The molecule has 0 radical (unpaired) electrons. The number of carboxylic acid groups (broad SMARTS) is 3. The number of hydrogen-bond donors (Lipinski definition) is 4. The molecule has 0 aliphatic rings. The Morgan fingerprint density at radius 3 is 1.59 bits per heavy atom. The van der Waals surface area contributed by atoms with Crippen molar-refractivity contribution in [1.82, 2.24) is 4.48 Å². The zero-order chi connectivity index (χ0) is 22.1. The Kier molecular flexibility index (Phi) is 8.50. The molecule has 29 heavy (non-hydrogen) atoms. The van der Waals surface area contributed by atoms with Gasteiger partial charge in [0.2, 0.25) is 0 Å². The number of hydrogen-bond acceptors (Lipinski definition) is 4. The maximum Gasteiger partial charge on any atom is 0.336 e. The quantitative estimate of drug-likeness (QED) is 0.496. The van der Waals surface area contributed by atoms with Crippen LogP contribution in [0.4, 0.5) is 5.69 Å². The van der Waals surface area contributed by atoms with E-state index in [0.717, 1.165) is 11.0 Å². The van der Waals surface area contributed by atoms with E-state index in [-0.39, 0.29) is 0 Å². The number of nitrogens with zero attached hydrogens (tertiary/aromatic N) is 1. The second-order valence-corrected chi connectivity index (χ2v) is 7.14. The molecule has 0 unspecified atom stereocenters. The largest absolute Gasteiger partial charge is 0.481 e. The molecule has 0 aliphatic carbocycles. The van der Waals surface area contributed by atoms with Crippen LogP contribution < -0.4 is 4.48 Å². The third-order valence-corrected chi connectivity index (χ3v) is 4.16. The fourth-order valence-corrected chi connectivity index (χ4v) is 2.68. The van der Waals surface area contributed by atoms with Gasteiger partial charge in [0.15, 0.2) is 5.60 Å². The molecule has 156 valence electrons. The fourth-order valence-electron chi connectivity index (χ4n) is 2.68. The first-order valence-electron chi connectivity index (χ1n) is 8.78. The van der Waals surface area contributed by atoms with Crippen LogP contribution in [0.1, 0.15) is 18.4 Å². The van der Waals surface area contributed by atoms with E-state index in [9.17, 15) is 14.4 Å². The Morgan fingerprint density at radius 2 is 1.21 bits per heavy atom. The lowest BCUT2D eigenvalue weighted by atomic mass is 9.96. The second kappa shape index (κ2) is 10.4. The van der Waals surface area contributed by atoms with Gasteiger partial charge < -0.3 is 20.4 Å². The van der Waals surface area contributed by atoms with Crippen LogP contribution in [0.15, 0.2) is 60.7 Å². The highest BCUT2D eigenvalue weighted by molar-refractivity contribution is 5.88. The molecule has 8 nitrogen and oxygen atoms in total. The molecule has 0 saturated heterocycles. The summed E-state index contributed by atoms with van der Waals surface area (Å²) in [4.78, 5) is 30.5. The first-order chi connectivity index (χ1) is 13.5. The molecule has 0 heterocycles. The Balaban J connectivity index is 0.000000298. The molecule has 0 spiro atoms. The van der Waals surface area contributed by atoms with Gasteiger partial charge in [0.1, 0.15) is 12.2 Å². The third-order valence-electron chi connectivity index (χ3n) is 4.16. The molecule has 8 heteroatoms. The summed E-state index contributed by atoms with van der Waals surface area (Å²) in [5.41, 5.74) is -0.0276. The van der Waals surface area contributed by atoms with Crippen molar-refractivity contribution in [2.75, 3.05) is 14.1 Å². The number of carbonyl (C=O) groups is 3. The molecule has 4 N–H and O–H groups in total. The number of quaternary nitrogens is 1. The van der Waals surface area contributed by atoms with Crippen LogP contribution in [0.3, 0.4) is 0 Å². The van der Waals surface area contributed by atoms with Crippen LogP contribution in [0.2, 0.25) is 0 Å². The lowest BCUT2D eigenvalue weighted by Gasteiger charge is -2.29. The van der Waals surface area contributed by atoms with Gasteiger partial charge in [-0.15, -0.1) is 0 Å². The van der Waals surface area contributed by atoms with Crippen molar-refractivity contribution in [3.8, 4) is 0 Å². The zero-order valence-corrected chi connectivity index (χ0v) is 16.4. The average molecular weight is 404 g/mol. The number of carboxylic acids is 3. The minimum Gasteiger partial charge on any atom is -0.481 e. The first kappa shape index (κ1) is 23.8. The van der Waals surface area contributed by atoms with Crippen LogP contribution in [0.25, 0.3) is 0 Å². The highest BCUT2D eigenvalue weighted by atomic mass is 16.4. The van der Waals surface area contributed by atoms with E-state index < -0.39 is 36.4 Å². The normalized spacial score (nSPS) is 11.1. The molecule has 0 bridgehead atoms. The molecule has 0 aromatic heterocycles. The monoisotopic (exact) mass is 404 g/mol. The number of benzene rings is 2. The van der Waals surface area contributed by atoms with Crippen molar-refractivity contribution in [3.63, 3.8) is 0 Å². The Hall–Kier alpha value is -3.23. The number of aliphatic carboxylic acids is 3.